The molecule has 2 aliphatic rings. The predicted octanol–water partition coefficient (Wildman–Crippen LogP) is 3.20. The monoisotopic (exact) mass is 410 g/mol. The average molecular weight is 411 g/mol. The van der Waals surface area contributed by atoms with Gasteiger partial charge in [-0.25, -0.2) is 0 Å². The molecule has 1 atom stereocenters. The molecule has 0 bridgehead atoms. The van der Waals surface area contributed by atoms with Gasteiger partial charge in [-0.2, -0.15) is 0 Å². The number of likely N-dealkylation sites (tertiary alicyclic amines) is 1. The van der Waals surface area contributed by atoms with Crippen LogP contribution < -0.4 is 14.8 Å². The van der Waals surface area contributed by atoms with Crippen molar-refractivity contribution in [1.82, 2.24) is 4.90 Å². The van der Waals surface area contributed by atoms with Crippen molar-refractivity contribution in [2.45, 2.75) is 39.7 Å². The molecule has 3 rings (SSSR count). The van der Waals surface area contributed by atoms with Crippen LogP contribution in [0.5, 0.6) is 11.5 Å². The van der Waals surface area contributed by atoms with Crippen LogP contribution >= 0.6 is 15.9 Å². The molecule has 1 unspecified atom stereocenters. The molecule has 1 fully saturated rings. The summed E-state index contributed by atoms with van der Waals surface area (Å²) in [5.41, 5.74) is 0.116. The van der Waals surface area contributed by atoms with Crippen LogP contribution in [0.1, 0.15) is 33.6 Å². The van der Waals surface area contributed by atoms with Crippen LogP contribution in [0, 0.1) is 5.41 Å². The molecule has 0 saturated carbocycles. The standard InChI is InChI=1S/C18H23BrN2O4/c1-18(2,3)17(23)21-6-4-5-13(21)16(22)20-12-10-15-14(9-11(12)19)24-7-8-25-15/h9-10,13H,4-8H2,1-3H3,(H,20,22). The number of carbonyl (C=O) groups excluding carboxylic acids is 2. The zero-order valence-corrected chi connectivity index (χ0v) is 16.3. The smallest absolute Gasteiger partial charge is 0.247 e. The zero-order valence-electron chi connectivity index (χ0n) is 14.7. The van der Waals surface area contributed by atoms with Crippen LogP contribution in [-0.2, 0) is 9.59 Å². The Morgan fingerprint density at radius 3 is 2.48 bits per heavy atom. The molecule has 0 aromatic heterocycles. The summed E-state index contributed by atoms with van der Waals surface area (Å²) in [5.74, 6) is 1.10. The van der Waals surface area contributed by atoms with Gasteiger partial charge in [0.25, 0.3) is 0 Å². The number of anilines is 1. The molecule has 1 N–H and O–H groups in total. The van der Waals surface area contributed by atoms with E-state index in [2.05, 4.69) is 21.2 Å². The van der Waals surface area contributed by atoms with Gasteiger partial charge < -0.3 is 19.7 Å². The SMILES string of the molecule is CC(C)(C)C(=O)N1CCCC1C(=O)Nc1cc2c(cc1Br)OCCO2. The van der Waals surface area contributed by atoms with Crippen molar-refractivity contribution in [2.75, 3.05) is 25.1 Å². The van der Waals surface area contributed by atoms with Crippen molar-refractivity contribution in [3.8, 4) is 11.5 Å². The van der Waals surface area contributed by atoms with Gasteiger partial charge in [0.05, 0.1) is 5.69 Å². The summed E-state index contributed by atoms with van der Waals surface area (Å²) in [4.78, 5) is 27.1. The number of hydrogen-bond donors (Lipinski definition) is 1. The third-order valence-corrected chi connectivity index (χ3v) is 5.00. The number of halogens is 1. The molecule has 1 aromatic rings. The van der Waals surface area contributed by atoms with E-state index < -0.39 is 11.5 Å². The molecular weight excluding hydrogens is 388 g/mol. The topological polar surface area (TPSA) is 67.9 Å². The third kappa shape index (κ3) is 3.76. The maximum atomic E-state index is 12.8. The van der Waals surface area contributed by atoms with E-state index in [-0.39, 0.29) is 11.8 Å². The first-order valence-corrected chi connectivity index (χ1v) is 9.28. The van der Waals surface area contributed by atoms with Crippen molar-refractivity contribution in [3.63, 3.8) is 0 Å². The number of rotatable bonds is 2. The van der Waals surface area contributed by atoms with Gasteiger partial charge in [0.1, 0.15) is 19.3 Å². The van der Waals surface area contributed by atoms with Crippen LogP contribution in [-0.4, -0.2) is 42.5 Å². The molecule has 1 aromatic carbocycles. The van der Waals surface area contributed by atoms with Gasteiger partial charge in [0, 0.05) is 28.6 Å². The van der Waals surface area contributed by atoms with E-state index >= 15 is 0 Å². The number of hydrogen-bond acceptors (Lipinski definition) is 4. The van der Waals surface area contributed by atoms with Gasteiger partial charge in [-0.1, -0.05) is 20.8 Å². The minimum absolute atomic E-state index is 0.00592. The van der Waals surface area contributed by atoms with E-state index in [0.717, 1.165) is 10.9 Å². The van der Waals surface area contributed by atoms with Crippen molar-refractivity contribution >= 4 is 33.4 Å². The lowest BCUT2D eigenvalue weighted by molar-refractivity contribution is -0.143. The maximum absolute atomic E-state index is 12.8. The van der Waals surface area contributed by atoms with Crippen LogP contribution in [0.4, 0.5) is 5.69 Å². The second-order valence-corrected chi connectivity index (χ2v) is 8.23. The van der Waals surface area contributed by atoms with Crippen LogP contribution in [0.3, 0.4) is 0 Å². The van der Waals surface area contributed by atoms with Crippen LogP contribution in [0.25, 0.3) is 0 Å². The fourth-order valence-electron chi connectivity index (χ4n) is 3.09. The predicted molar refractivity (Wildman–Crippen MR) is 98.0 cm³/mol. The van der Waals surface area contributed by atoms with Crippen molar-refractivity contribution in [2.24, 2.45) is 5.41 Å². The molecule has 0 spiro atoms. The summed E-state index contributed by atoms with van der Waals surface area (Å²) >= 11 is 3.46. The largest absolute Gasteiger partial charge is 0.486 e. The van der Waals surface area contributed by atoms with Gasteiger partial charge in [0.15, 0.2) is 11.5 Å². The molecule has 25 heavy (non-hydrogen) atoms. The molecular formula is C18H23BrN2O4. The summed E-state index contributed by atoms with van der Waals surface area (Å²) in [6, 6.07) is 3.10. The van der Waals surface area contributed by atoms with Crippen LogP contribution in [0.15, 0.2) is 16.6 Å². The van der Waals surface area contributed by atoms with Crippen molar-refractivity contribution in [3.05, 3.63) is 16.6 Å². The number of amides is 2. The fraction of sp³-hybridized carbons (Fsp3) is 0.556. The molecule has 1 saturated heterocycles. The van der Waals surface area contributed by atoms with Gasteiger partial charge in [-0.15, -0.1) is 0 Å². The number of nitrogens with one attached hydrogen (secondary N) is 1. The quantitative estimate of drug-likeness (QED) is 0.812. The minimum Gasteiger partial charge on any atom is -0.486 e. The first-order chi connectivity index (χ1) is 11.8. The second kappa shape index (κ2) is 6.86. The van der Waals surface area contributed by atoms with E-state index in [4.69, 9.17) is 9.47 Å². The van der Waals surface area contributed by atoms with E-state index in [1.165, 1.54) is 0 Å². The Kier molecular flexibility index (Phi) is 4.95. The van der Waals surface area contributed by atoms with E-state index in [9.17, 15) is 9.59 Å². The zero-order chi connectivity index (χ0) is 18.2. The Morgan fingerprint density at radius 1 is 1.20 bits per heavy atom. The van der Waals surface area contributed by atoms with E-state index in [1.807, 2.05) is 20.8 Å². The molecule has 0 radical (unpaired) electrons. The number of fused-ring (bicyclic) bond motifs is 1. The highest BCUT2D eigenvalue weighted by molar-refractivity contribution is 9.10. The number of nitrogens with zero attached hydrogens (tertiary/aromatic N) is 1. The third-order valence-electron chi connectivity index (χ3n) is 4.35. The molecule has 2 heterocycles. The molecule has 2 aliphatic heterocycles. The van der Waals surface area contributed by atoms with Crippen LogP contribution in [0.2, 0.25) is 0 Å². The molecule has 7 heteroatoms. The Balaban J connectivity index is 1.77. The Bertz CT molecular complexity index is 699. The molecule has 2 amide bonds. The molecule has 136 valence electrons. The molecule has 0 aliphatic carbocycles. The lowest BCUT2D eigenvalue weighted by Gasteiger charge is -2.30. The Labute approximate surface area is 156 Å². The summed E-state index contributed by atoms with van der Waals surface area (Å²) in [7, 11) is 0. The van der Waals surface area contributed by atoms with Gasteiger partial charge in [0.2, 0.25) is 11.8 Å². The average Bonchev–Trinajstić information content (AvgIpc) is 3.03. The number of carbonyl (C=O) groups is 2. The van der Waals surface area contributed by atoms with E-state index in [0.29, 0.717) is 43.4 Å². The van der Waals surface area contributed by atoms with Gasteiger partial charge in [-0.05, 0) is 28.8 Å². The first-order valence-electron chi connectivity index (χ1n) is 8.48. The summed E-state index contributed by atoms with van der Waals surface area (Å²) < 4.78 is 11.8. The lowest BCUT2D eigenvalue weighted by Crippen LogP contribution is -2.47. The highest BCUT2D eigenvalue weighted by Crippen LogP contribution is 2.38. The van der Waals surface area contributed by atoms with Gasteiger partial charge >= 0.3 is 0 Å². The normalized spacial score (nSPS) is 19.7. The van der Waals surface area contributed by atoms with E-state index in [1.54, 1.807) is 17.0 Å². The Morgan fingerprint density at radius 2 is 1.84 bits per heavy atom. The fourth-order valence-corrected chi connectivity index (χ4v) is 3.51. The second-order valence-electron chi connectivity index (χ2n) is 7.37. The lowest BCUT2D eigenvalue weighted by atomic mass is 9.94. The summed E-state index contributed by atoms with van der Waals surface area (Å²) in [6.07, 6.45) is 1.51. The van der Waals surface area contributed by atoms with Gasteiger partial charge in [-0.3, -0.25) is 9.59 Å². The minimum atomic E-state index is -0.500. The Hall–Kier alpha value is -1.76. The summed E-state index contributed by atoms with van der Waals surface area (Å²) in [5, 5.41) is 2.92. The van der Waals surface area contributed by atoms with Crippen molar-refractivity contribution in [1.29, 1.82) is 0 Å². The highest BCUT2D eigenvalue weighted by Gasteiger charge is 2.38. The highest BCUT2D eigenvalue weighted by atomic mass is 79.9. The molecule has 6 nitrogen and oxygen atoms in total. The summed E-state index contributed by atoms with van der Waals surface area (Å²) in [6.45, 7) is 7.24. The number of ether oxygens (including phenoxy) is 2. The first kappa shape index (κ1) is 18.0. The van der Waals surface area contributed by atoms with Crippen molar-refractivity contribution < 1.29 is 19.1 Å². The number of benzene rings is 1. The maximum Gasteiger partial charge on any atom is 0.247 e.